The number of hydrogen-bond donors (Lipinski definition) is 1. The van der Waals surface area contributed by atoms with Crippen molar-refractivity contribution in [2.75, 3.05) is 32.2 Å². The first-order valence-corrected chi connectivity index (χ1v) is 5.71. The maximum Gasteiger partial charge on any atom is 0.0670 e. The van der Waals surface area contributed by atoms with Crippen molar-refractivity contribution in [1.29, 1.82) is 0 Å². The van der Waals surface area contributed by atoms with Gasteiger partial charge in [-0.25, -0.2) is 0 Å². The maximum atomic E-state index is 5.43. The highest BCUT2D eigenvalue weighted by molar-refractivity contribution is 5.52. The van der Waals surface area contributed by atoms with Crippen LogP contribution in [-0.4, -0.2) is 38.3 Å². The molecule has 0 aliphatic carbocycles. The standard InChI is InChI=1S/C12H19N3O/c1-13-7-10-8-14-5-3-12(10)15(2)11-4-6-16-9-11/h3,5,8,11,13H,4,6-7,9H2,1-2H3. The van der Waals surface area contributed by atoms with Crippen molar-refractivity contribution in [2.45, 2.75) is 19.0 Å². The molecular weight excluding hydrogens is 202 g/mol. The van der Waals surface area contributed by atoms with Gasteiger partial charge in [0.15, 0.2) is 0 Å². The van der Waals surface area contributed by atoms with Gasteiger partial charge in [-0.15, -0.1) is 0 Å². The van der Waals surface area contributed by atoms with Crippen LogP contribution in [0.15, 0.2) is 18.5 Å². The molecule has 0 saturated carbocycles. The zero-order chi connectivity index (χ0) is 11.4. The van der Waals surface area contributed by atoms with Gasteiger partial charge in [-0.2, -0.15) is 0 Å². The monoisotopic (exact) mass is 221 g/mol. The Kier molecular flexibility index (Phi) is 3.74. The molecule has 1 N–H and O–H groups in total. The number of ether oxygens (including phenoxy) is 1. The molecule has 1 aromatic heterocycles. The highest BCUT2D eigenvalue weighted by atomic mass is 16.5. The molecule has 1 atom stereocenters. The Morgan fingerprint density at radius 1 is 1.62 bits per heavy atom. The average Bonchev–Trinajstić information content (AvgIpc) is 2.83. The van der Waals surface area contributed by atoms with Crippen molar-refractivity contribution in [3.8, 4) is 0 Å². The first-order chi connectivity index (χ1) is 7.83. The smallest absolute Gasteiger partial charge is 0.0670 e. The summed E-state index contributed by atoms with van der Waals surface area (Å²) in [4.78, 5) is 6.48. The average molecular weight is 221 g/mol. The fraction of sp³-hybridized carbons (Fsp3) is 0.583. The molecule has 1 aliphatic rings. The predicted octanol–water partition coefficient (Wildman–Crippen LogP) is 1.03. The highest BCUT2D eigenvalue weighted by Gasteiger charge is 2.21. The largest absolute Gasteiger partial charge is 0.379 e. The summed E-state index contributed by atoms with van der Waals surface area (Å²) in [6.07, 6.45) is 4.89. The topological polar surface area (TPSA) is 37.4 Å². The molecule has 2 heterocycles. The van der Waals surface area contributed by atoms with Crippen LogP contribution in [0.4, 0.5) is 5.69 Å². The number of nitrogens with zero attached hydrogens (tertiary/aromatic N) is 2. The first kappa shape index (κ1) is 11.4. The molecule has 0 spiro atoms. The number of nitrogens with one attached hydrogen (secondary N) is 1. The van der Waals surface area contributed by atoms with Crippen molar-refractivity contribution in [2.24, 2.45) is 0 Å². The number of anilines is 1. The number of likely N-dealkylation sites (N-methyl/N-ethyl adjacent to an activating group) is 1. The molecule has 0 radical (unpaired) electrons. The number of hydrogen-bond acceptors (Lipinski definition) is 4. The van der Waals surface area contributed by atoms with Crippen LogP contribution in [0.1, 0.15) is 12.0 Å². The van der Waals surface area contributed by atoms with Crippen molar-refractivity contribution in [3.05, 3.63) is 24.0 Å². The molecule has 88 valence electrons. The lowest BCUT2D eigenvalue weighted by Gasteiger charge is -2.27. The van der Waals surface area contributed by atoms with Crippen LogP contribution in [0.25, 0.3) is 0 Å². The van der Waals surface area contributed by atoms with Gasteiger partial charge in [0.2, 0.25) is 0 Å². The Balaban J connectivity index is 2.17. The van der Waals surface area contributed by atoms with Crippen molar-refractivity contribution >= 4 is 5.69 Å². The quantitative estimate of drug-likeness (QED) is 0.824. The van der Waals surface area contributed by atoms with Gasteiger partial charge in [0, 0.05) is 43.8 Å². The van der Waals surface area contributed by atoms with E-state index in [-0.39, 0.29) is 0 Å². The van der Waals surface area contributed by atoms with Crippen LogP contribution >= 0.6 is 0 Å². The Morgan fingerprint density at radius 3 is 3.19 bits per heavy atom. The van der Waals surface area contributed by atoms with E-state index in [4.69, 9.17) is 4.74 Å². The van der Waals surface area contributed by atoms with Crippen LogP contribution in [0.5, 0.6) is 0 Å². The van der Waals surface area contributed by atoms with Gasteiger partial charge in [-0.3, -0.25) is 4.98 Å². The van der Waals surface area contributed by atoms with Crippen LogP contribution in [0.2, 0.25) is 0 Å². The number of rotatable bonds is 4. The van der Waals surface area contributed by atoms with Gasteiger partial charge in [-0.1, -0.05) is 0 Å². The lowest BCUT2D eigenvalue weighted by atomic mass is 10.1. The van der Waals surface area contributed by atoms with E-state index in [0.717, 1.165) is 26.2 Å². The van der Waals surface area contributed by atoms with Gasteiger partial charge in [0.05, 0.1) is 12.6 Å². The minimum Gasteiger partial charge on any atom is -0.379 e. The lowest BCUT2D eigenvalue weighted by Crippen LogP contribution is -2.32. The SMILES string of the molecule is CNCc1cnccc1N(C)C1CCOC1. The van der Waals surface area contributed by atoms with E-state index in [9.17, 15) is 0 Å². The lowest BCUT2D eigenvalue weighted by molar-refractivity contribution is 0.193. The minimum atomic E-state index is 0.498. The summed E-state index contributed by atoms with van der Waals surface area (Å²) in [6, 6.07) is 2.57. The zero-order valence-corrected chi connectivity index (χ0v) is 9.94. The van der Waals surface area contributed by atoms with Crippen LogP contribution in [-0.2, 0) is 11.3 Å². The second-order valence-electron chi connectivity index (χ2n) is 4.16. The third kappa shape index (κ3) is 2.33. The molecule has 0 bridgehead atoms. The summed E-state index contributed by atoms with van der Waals surface area (Å²) >= 11 is 0. The Labute approximate surface area is 96.6 Å². The fourth-order valence-corrected chi connectivity index (χ4v) is 2.11. The molecule has 0 amide bonds. The molecule has 16 heavy (non-hydrogen) atoms. The van der Waals surface area contributed by atoms with Crippen LogP contribution < -0.4 is 10.2 Å². The van der Waals surface area contributed by atoms with E-state index in [0.29, 0.717) is 6.04 Å². The molecule has 1 fully saturated rings. The highest BCUT2D eigenvalue weighted by Crippen LogP contribution is 2.23. The normalized spacial score (nSPS) is 20.0. The third-order valence-electron chi connectivity index (χ3n) is 3.08. The van der Waals surface area contributed by atoms with E-state index in [1.807, 2.05) is 19.4 Å². The van der Waals surface area contributed by atoms with Gasteiger partial charge in [0.1, 0.15) is 0 Å². The summed E-state index contributed by atoms with van der Waals surface area (Å²) in [5, 5.41) is 3.17. The second-order valence-corrected chi connectivity index (χ2v) is 4.16. The van der Waals surface area contributed by atoms with Gasteiger partial charge in [-0.05, 0) is 19.5 Å². The van der Waals surface area contributed by atoms with Crippen molar-refractivity contribution < 1.29 is 4.74 Å². The molecule has 4 nitrogen and oxygen atoms in total. The second kappa shape index (κ2) is 5.27. The van der Waals surface area contributed by atoms with Gasteiger partial charge in [0.25, 0.3) is 0 Å². The minimum absolute atomic E-state index is 0.498. The predicted molar refractivity (Wildman–Crippen MR) is 64.6 cm³/mol. The fourth-order valence-electron chi connectivity index (χ4n) is 2.11. The molecule has 1 aromatic rings. The molecule has 2 rings (SSSR count). The number of aromatic nitrogens is 1. The Hall–Kier alpha value is -1.13. The summed E-state index contributed by atoms with van der Waals surface area (Å²) < 4.78 is 5.43. The molecule has 4 heteroatoms. The molecule has 1 unspecified atom stereocenters. The Bertz CT molecular complexity index is 337. The number of pyridine rings is 1. The summed E-state index contributed by atoms with van der Waals surface area (Å²) in [6.45, 7) is 2.56. The van der Waals surface area contributed by atoms with E-state index < -0.39 is 0 Å². The van der Waals surface area contributed by atoms with E-state index in [2.05, 4.69) is 28.3 Å². The first-order valence-electron chi connectivity index (χ1n) is 5.71. The summed E-state index contributed by atoms with van der Waals surface area (Å²) in [5.74, 6) is 0. The zero-order valence-electron chi connectivity index (χ0n) is 9.94. The molecule has 1 aliphatic heterocycles. The van der Waals surface area contributed by atoms with E-state index >= 15 is 0 Å². The molecule has 0 aromatic carbocycles. The maximum absolute atomic E-state index is 5.43. The van der Waals surface area contributed by atoms with Crippen molar-refractivity contribution in [1.82, 2.24) is 10.3 Å². The van der Waals surface area contributed by atoms with E-state index in [1.54, 1.807) is 0 Å². The molecule has 1 saturated heterocycles. The third-order valence-corrected chi connectivity index (χ3v) is 3.08. The van der Waals surface area contributed by atoms with Crippen LogP contribution in [0, 0.1) is 0 Å². The summed E-state index contributed by atoms with van der Waals surface area (Å²) in [7, 11) is 4.09. The summed E-state index contributed by atoms with van der Waals surface area (Å²) in [5.41, 5.74) is 2.49. The van der Waals surface area contributed by atoms with Gasteiger partial charge < -0.3 is 15.0 Å². The van der Waals surface area contributed by atoms with E-state index in [1.165, 1.54) is 11.3 Å². The molecular formula is C12H19N3O. The van der Waals surface area contributed by atoms with Crippen molar-refractivity contribution in [3.63, 3.8) is 0 Å². The Morgan fingerprint density at radius 2 is 2.50 bits per heavy atom. The van der Waals surface area contributed by atoms with Gasteiger partial charge >= 0.3 is 0 Å². The van der Waals surface area contributed by atoms with Crippen LogP contribution in [0.3, 0.4) is 0 Å².